The fraction of sp³-hybridized carbons (Fsp3) is 0.200. The molecular weight excluding hydrogens is 356 g/mol. The predicted octanol–water partition coefficient (Wildman–Crippen LogP) is 3.78. The molecule has 1 aromatic carbocycles. The van der Waals surface area contributed by atoms with Crippen LogP contribution in [0.2, 0.25) is 5.02 Å². The minimum atomic E-state index is -1.07. The highest BCUT2D eigenvalue weighted by atomic mass is 79.9. The van der Waals surface area contributed by atoms with Crippen LogP contribution in [0.25, 0.3) is 0 Å². The van der Waals surface area contributed by atoms with Gasteiger partial charge in [-0.3, -0.25) is 0 Å². The number of pyridine rings is 1. The molecule has 1 unspecified atom stereocenters. The summed E-state index contributed by atoms with van der Waals surface area (Å²) < 4.78 is 1.08. The average molecular weight is 368 g/mol. The van der Waals surface area contributed by atoms with Crippen molar-refractivity contribution >= 4 is 39.3 Å². The van der Waals surface area contributed by atoms with Crippen LogP contribution in [-0.4, -0.2) is 22.1 Å². The summed E-state index contributed by atoms with van der Waals surface area (Å²) in [6.45, 7) is 0. The molecule has 1 heterocycles. The number of carboxylic acids is 1. The lowest BCUT2D eigenvalue weighted by atomic mass is 10.1. The second-order valence-electron chi connectivity index (χ2n) is 5.02. The Balaban J connectivity index is 1.74. The highest BCUT2D eigenvalue weighted by molar-refractivity contribution is 9.10. The Kier molecular flexibility index (Phi) is 3.87. The number of nitrogens with zero attached hydrogens (tertiary/aromatic N) is 1. The molecule has 2 aromatic rings. The third-order valence-corrected chi connectivity index (χ3v) is 4.34. The molecule has 1 aliphatic rings. The van der Waals surface area contributed by atoms with Gasteiger partial charge in [0.05, 0.1) is 10.6 Å². The predicted molar refractivity (Wildman–Crippen MR) is 85.2 cm³/mol. The topological polar surface area (TPSA) is 62.2 Å². The minimum Gasteiger partial charge on any atom is -0.478 e. The molecule has 1 aliphatic carbocycles. The van der Waals surface area contributed by atoms with Gasteiger partial charge in [0.1, 0.15) is 5.82 Å². The summed E-state index contributed by atoms with van der Waals surface area (Å²) in [4.78, 5) is 15.0. The molecule has 4 nitrogen and oxygen atoms in total. The van der Waals surface area contributed by atoms with Gasteiger partial charge < -0.3 is 10.4 Å². The van der Waals surface area contributed by atoms with Gasteiger partial charge in [0.25, 0.3) is 0 Å². The van der Waals surface area contributed by atoms with Gasteiger partial charge in [0.15, 0.2) is 0 Å². The minimum absolute atomic E-state index is 0.0147. The van der Waals surface area contributed by atoms with Gasteiger partial charge in [-0.15, -0.1) is 0 Å². The lowest BCUT2D eigenvalue weighted by Gasteiger charge is -2.13. The normalized spacial score (nSPS) is 16.6. The molecule has 0 fully saturated rings. The lowest BCUT2D eigenvalue weighted by molar-refractivity contribution is 0.0696. The molecule has 0 spiro atoms. The quantitative estimate of drug-likeness (QED) is 0.867. The van der Waals surface area contributed by atoms with Gasteiger partial charge >= 0.3 is 5.97 Å². The number of carbonyl (C=O) groups is 1. The Morgan fingerprint density at radius 2 is 2.10 bits per heavy atom. The van der Waals surface area contributed by atoms with E-state index in [0.717, 1.165) is 17.3 Å². The number of aromatic nitrogens is 1. The molecule has 0 bridgehead atoms. The van der Waals surface area contributed by atoms with Crippen LogP contribution in [0, 0.1) is 0 Å². The number of nitrogens with one attached hydrogen (secondary N) is 1. The van der Waals surface area contributed by atoms with Crippen LogP contribution in [0.4, 0.5) is 5.82 Å². The number of carboxylic acid groups (broad SMARTS) is 1. The first-order chi connectivity index (χ1) is 10.0. The summed E-state index contributed by atoms with van der Waals surface area (Å²) in [5.41, 5.74) is 2.65. The summed E-state index contributed by atoms with van der Waals surface area (Å²) in [5.74, 6) is -0.473. The van der Waals surface area contributed by atoms with E-state index in [-0.39, 0.29) is 16.6 Å². The maximum absolute atomic E-state index is 10.9. The van der Waals surface area contributed by atoms with Crippen molar-refractivity contribution in [1.29, 1.82) is 0 Å². The number of halogens is 2. The van der Waals surface area contributed by atoms with Gasteiger partial charge in [-0.05, 0) is 42.2 Å². The smallest absolute Gasteiger partial charge is 0.338 e. The molecule has 0 aliphatic heterocycles. The number of anilines is 1. The molecular formula is C15H12BrClN2O2. The molecule has 0 amide bonds. The number of aromatic carboxylic acids is 1. The summed E-state index contributed by atoms with van der Waals surface area (Å²) in [5, 5.41) is 12.4. The Hall–Kier alpha value is -1.59. The molecule has 1 aromatic heterocycles. The van der Waals surface area contributed by atoms with E-state index in [9.17, 15) is 4.79 Å². The van der Waals surface area contributed by atoms with Crippen molar-refractivity contribution in [3.63, 3.8) is 0 Å². The SMILES string of the molecule is O=C(O)c1cnc(NC2Cc3ccc(Br)cc3C2)cc1Cl. The Labute approximate surface area is 135 Å². The second kappa shape index (κ2) is 5.66. The van der Waals surface area contributed by atoms with Crippen molar-refractivity contribution in [3.05, 3.63) is 56.6 Å². The van der Waals surface area contributed by atoms with Crippen molar-refractivity contribution in [2.24, 2.45) is 0 Å². The van der Waals surface area contributed by atoms with Crippen LogP contribution in [-0.2, 0) is 12.8 Å². The molecule has 108 valence electrons. The van der Waals surface area contributed by atoms with Gasteiger partial charge in [0.2, 0.25) is 0 Å². The van der Waals surface area contributed by atoms with E-state index in [4.69, 9.17) is 16.7 Å². The van der Waals surface area contributed by atoms with Crippen LogP contribution in [0.3, 0.4) is 0 Å². The van der Waals surface area contributed by atoms with Gasteiger partial charge in [-0.25, -0.2) is 9.78 Å². The molecule has 6 heteroatoms. The number of hydrogen-bond donors (Lipinski definition) is 2. The summed E-state index contributed by atoms with van der Waals surface area (Å²) in [7, 11) is 0. The molecule has 0 saturated heterocycles. The summed E-state index contributed by atoms with van der Waals surface area (Å²) in [6.07, 6.45) is 3.11. The van der Waals surface area contributed by atoms with E-state index in [2.05, 4.69) is 38.4 Å². The zero-order valence-corrected chi connectivity index (χ0v) is 13.3. The molecule has 0 radical (unpaired) electrons. The van der Waals surface area contributed by atoms with Crippen LogP contribution in [0.1, 0.15) is 21.5 Å². The number of hydrogen-bond acceptors (Lipinski definition) is 3. The van der Waals surface area contributed by atoms with Gasteiger partial charge in [-0.1, -0.05) is 33.6 Å². The second-order valence-corrected chi connectivity index (χ2v) is 6.34. The first-order valence-corrected chi connectivity index (χ1v) is 7.62. The Bertz CT molecular complexity index is 721. The van der Waals surface area contributed by atoms with Crippen LogP contribution in [0.15, 0.2) is 34.9 Å². The van der Waals surface area contributed by atoms with E-state index in [1.165, 1.54) is 17.3 Å². The summed E-state index contributed by atoms with van der Waals surface area (Å²) >= 11 is 9.43. The largest absolute Gasteiger partial charge is 0.478 e. The first kappa shape index (κ1) is 14.4. The molecule has 21 heavy (non-hydrogen) atoms. The monoisotopic (exact) mass is 366 g/mol. The molecule has 3 rings (SSSR count). The van der Waals surface area contributed by atoms with Crippen molar-refractivity contribution in [3.8, 4) is 0 Å². The van der Waals surface area contributed by atoms with E-state index < -0.39 is 5.97 Å². The van der Waals surface area contributed by atoms with Crippen molar-refractivity contribution < 1.29 is 9.90 Å². The zero-order valence-electron chi connectivity index (χ0n) is 10.9. The fourth-order valence-corrected chi connectivity index (χ4v) is 3.21. The van der Waals surface area contributed by atoms with E-state index >= 15 is 0 Å². The van der Waals surface area contributed by atoms with Gasteiger partial charge in [0, 0.05) is 16.7 Å². The highest BCUT2D eigenvalue weighted by Gasteiger charge is 2.22. The molecule has 2 N–H and O–H groups in total. The fourth-order valence-electron chi connectivity index (χ4n) is 2.57. The third-order valence-electron chi connectivity index (χ3n) is 3.54. The van der Waals surface area contributed by atoms with E-state index in [1.807, 2.05) is 6.07 Å². The number of fused-ring (bicyclic) bond motifs is 1. The number of benzene rings is 1. The maximum Gasteiger partial charge on any atom is 0.338 e. The Morgan fingerprint density at radius 3 is 2.81 bits per heavy atom. The van der Waals surface area contributed by atoms with Crippen LogP contribution >= 0.6 is 27.5 Å². The summed E-state index contributed by atoms with van der Waals surface area (Å²) in [6, 6.07) is 8.09. The Morgan fingerprint density at radius 1 is 1.33 bits per heavy atom. The molecule has 0 saturated carbocycles. The third kappa shape index (κ3) is 3.04. The van der Waals surface area contributed by atoms with Crippen molar-refractivity contribution in [1.82, 2.24) is 4.98 Å². The highest BCUT2D eigenvalue weighted by Crippen LogP contribution is 2.28. The van der Waals surface area contributed by atoms with Crippen molar-refractivity contribution in [2.75, 3.05) is 5.32 Å². The molecule has 1 atom stereocenters. The van der Waals surface area contributed by atoms with Crippen molar-refractivity contribution in [2.45, 2.75) is 18.9 Å². The lowest BCUT2D eigenvalue weighted by Crippen LogP contribution is -2.20. The number of rotatable bonds is 3. The first-order valence-electron chi connectivity index (χ1n) is 6.45. The maximum atomic E-state index is 10.9. The zero-order chi connectivity index (χ0) is 15.0. The van der Waals surface area contributed by atoms with E-state index in [1.54, 1.807) is 6.07 Å². The van der Waals surface area contributed by atoms with Crippen LogP contribution < -0.4 is 5.32 Å². The van der Waals surface area contributed by atoms with Crippen LogP contribution in [0.5, 0.6) is 0 Å². The van der Waals surface area contributed by atoms with E-state index in [0.29, 0.717) is 5.82 Å². The van der Waals surface area contributed by atoms with Gasteiger partial charge in [-0.2, -0.15) is 0 Å². The average Bonchev–Trinajstić information content (AvgIpc) is 2.79. The standard InChI is InChI=1S/C15H12BrClN2O2/c16-10-2-1-8-4-11(5-9(8)3-10)19-14-6-13(17)12(7-18-14)15(20)21/h1-3,6-7,11H,4-5H2,(H,18,19)(H,20,21).